The van der Waals surface area contributed by atoms with Gasteiger partial charge in [-0.15, -0.1) is 0 Å². The Morgan fingerprint density at radius 3 is 2.83 bits per heavy atom. The number of nitrogens with one attached hydrogen (secondary N) is 1. The van der Waals surface area contributed by atoms with E-state index in [0.717, 1.165) is 38.2 Å². The molecular weight excluding hydrogens is 232 g/mol. The van der Waals surface area contributed by atoms with Crippen LogP contribution in [-0.4, -0.2) is 35.3 Å². The molecule has 1 aliphatic heterocycles. The summed E-state index contributed by atoms with van der Waals surface area (Å²) < 4.78 is 5.29. The maximum atomic E-state index is 11.0. The fraction of sp³-hybridized carbons (Fsp3) is 0.538. The Morgan fingerprint density at radius 2 is 2.22 bits per heavy atom. The number of rotatable bonds is 4. The Kier molecular flexibility index (Phi) is 4.15. The highest BCUT2D eigenvalue weighted by Crippen LogP contribution is 2.16. The number of aromatic carboxylic acids is 1. The summed E-state index contributed by atoms with van der Waals surface area (Å²) in [5.74, 6) is -0.263. The predicted octanol–water partition coefficient (Wildman–Crippen LogP) is 1.93. The first-order valence-electron chi connectivity index (χ1n) is 6.27. The van der Waals surface area contributed by atoms with E-state index in [1.165, 1.54) is 0 Å². The summed E-state index contributed by atoms with van der Waals surface area (Å²) in [5, 5.41) is 12.4. The van der Waals surface area contributed by atoms with Crippen LogP contribution in [-0.2, 0) is 11.2 Å². The normalized spacial score (nSPS) is 16.5. The number of aryl methyl sites for hydroxylation is 1. The topological polar surface area (TPSA) is 71.5 Å². The molecule has 0 aliphatic carbocycles. The van der Waals surface area contributed by atoms with Gasteiger partial charge >= 0.3 is 5.97 Å². The van der Waals surface area contributed by atoms with Gasteiger partial charge in [0.05, 0.1) is 5.56 Å². The standard InChI is InChI=1S/C13H18N2O3/c1-2-10-7-9(13(16)17)8-12(14-10)15-11-3-5-18-6-4-11/h7-8,11H,2-6H2,1H3,(H,14,15)(H,16,17). The first-order chi connectivity index (χ1) is 8.69. The van der Waals surface area contributed by atoms with Gasteiger partial charge in [-0.25, -0.2) is 9.78 Å². The van der Waals surface area contributed by atoms with Crippen molar-refractivity contribution in [1.82, 2.24) is 4.98 Å². The number of hydrogen-bond acceptors (Lipinski definition) is 4. The van der Waals surface area contributed by atoms with E-state index >= 15 is 0 Å². The van der Waals surface area contributed by atoms with Gasteiger partial charge in [0.1, 0.15) is 5.82 Å². The molecular formula is C13H18N2O3. The van der Waals surface area contributed by atoms with E-state index < -0.39 is 5.97 Å². The summed E-state index contributed by atoms with van der Waals surface area (Å²) in [5.41, 5.74) is 1.08. The van der Waals surface area contributed by atoms with Crippen LogP contribution in [0, 0.1) is 0 Å². The molecule has 0 saturated carbocycles. The summed E-state index contributed by atoms with van der Waals surface area (Å²) in [4.78, 5) is 15.5. The van der Waals surface area contributed by atoms with Crippen LogP contribution in [0.4, 0.5) is 5.82 Å². The second-order valence-corrected chi connectivity index (χ2v) is 4.42. The van der Waals surface area contributed by atoms with Gasteiger partial charge in [0, 0.05) is 24.9 Å². The third-order valence-electron chi connectivity index (χ3n) is 3.06. The van der Waals surface area contributed by atoms with E-state index in [4.69, 9.17) is 9.84 Å². The molecule has 2 rings (SSSR count). The average Bonchev–Trinajstić information content (AvgIpc) is 2.39. The van der Waals surface area contributed by atoms with Crippen LogP contribution in [0.3, 0.4) is 0 Å². The number of pyridine rings is 1. The van der Waals surface area contributed by atoms with Gasteiger partial charge in [-0.3, -0.25) is 0 Å². The van der Waals surface area contributed by atoms with Crippen molar-refractivity contribution in [3.63, 3.8) is 0 Å². The van der Waals surface area contributed by atoms with E-state index in [0.29, 0.717) is 11.9 Å². The lowest BCUT2D eigenvalue weighted by Crippen LogP contribution is -2.28. The molecule has 2 N–H and O–H groups in total. The zero-order valence-electron chi connectivity index (χ0n) is 10.5. The van der Waals surface area contributed by atoms with Gasteiger partial charge in [0.2, 0.25) is 0 Å². The number of anilines is 1. The Morgan fingerprint density at radius 1 is 1.50 bits per heavy atom. The Bertz CT molecular complexity index is 428. The van der Waals surface area contributed by atoms with Crippen LogP contribution < -0.4 is 5.32 Å². The monoisotopic (exact) mass is 250 g/mol. The van der Waals surface area contributed by atoms with Crippen LogP contribution >= 0.6 is 0 Å². The van der Waals surface area contributed by atoms with Crippen molar-refractivity contribution in [2.75, 3.05) is 18.5 Å². The van der Waals surface area contributed by atoms with E-state index in [1.807, 2.05) is 6.92 Å². The quantitative estimate of drug-likeness (QED) is 0.854. The van der Waals surface area contributed by atoms with E-state index in [2.05, 4.69) is 10.3 Å². The third kappa shape index (κ3) is 3.20. The number of aromatic nitrogens is 1. The lowest BCUT2D eigenvalue weighted by molar-refractivity contribution is 0.0696. The molecule has 1 aromatic heterocycles. The maximum Gasteiger partial charge on any atom is 0.335 e. The molecule has 0 bridgehead atoms. The van der Waals surface area contributed by atoms with Crippen molar-refractivity contribution in [3.8, 4) is 0 Å². The molecule has 1 aliphatic rings. The van der Waals surface area contributed by atoms with Crippen LogP contribution in [0.1, 0.15) is 35.8 Å². The molecule has 0 amide bonds. The van der Waals surface area contributed by atoms with Crippen molar-refractivity contribution in [1.29, 1.82) is 0 Å². The lowest BCUT2D eigenvalue weighted by Gasteiger charge is -2.23. The second kappa shape index (κ2) is 5.82. The SMILES string of the molecule is CCc1cc(C(=O)O)cc(NC2CCOCC2)n1. The molecule has 98 valence electrons. The summed E-state index contributed by atoms with van der Waals surface area (Å²) in [6.07, 6.45) is 2.59. The van der Waals surface area contributed by atoms with Crippen molar-refractivity contribution in [2.24, 2.45) is 0 Å². The van der Waals surface area contributed by atoms with Crippen molar-refractivity contribution in [2.45, 2.75) is 32.2 Å². The zero-order chi connectivity index (χ0) is 13.0. The number of carboxylic acids is 1. The van der Waals surface area contributed by atoms with Crippen molar-refractivity contribution < 1.29 is 14.6 Å². The fourth-order valence-corrected chi connectivity index (χ4v) is 2.02. The molecule has 18 heavy (non-hydrogen) atoms. The lowest BCUT2D eigenvalue weighted by atomic mass is 10.1. The molecule has 5 nitrogen and oxygen atoms in total. The fourth-order valence-electron chi connectivity index (χ4n) is 2.02. The predicted molar refractivity (Wildman–Crippen MR) is 68.0 cm³/mol. The van der Waals surface area contributed by atoms with Crippen molar-refractivity contribution >= 4 is 11.8 Å². The van der Waals surface area contributed by atoms with Gasteiger partial charge < -0.3 is 15.2 Å². The molecule has 0 unspecified atom stereocenters. The molecule has 0 atom stereocenters. The number of carboxylic acid groups (broad SMARTS) is 1. The number of ether oxygens (including phenoxy) is 1. The minimum atomic E-state index is -0.915. The smallest absolute Gasteiger partial charge is 0.335 e. The number of nitrogens with zero attached hydrogens (tertiary/aromatic N) is 1. The third-order valence-corrected chi connectivity index (χ3v) is 3.06. The maximum absolute atomic E-state index is 11.0. The van der Waals surface area contributed by atoms with Crippen LogP contribution in [0.5, 0.6) is 0 Å². The van der Waals surface area contributed by atoms with Crippen LogP contribution in [0.2, 0.25) is 0 Å². The van der Waals surface area contributed by atoms with Gasteiger partial charge in [-0.1, -0.05) is 6.92 Å². The summed E-state index contributed by atoms with van der Waals surface area (Å²) in [7, 11) is 0. The highest BCUT2D eigenvalue weighted by molar-refractivity contribution is 5.88. The van der Waals surface area contributed by atoms with E-state index in [-0.39, 0.29) is 5.56 Å². The highest BCUT2D eigenvalue weighted by atomic mass is 16.5. The van der Waals surface area contributed by atoms with Crippen LogP contribution in [0.15, 0.2) is 12.1 Å². The Hall–Kier alpha value is -1.62. The largest absolute Gasteiger partial charge is 0.478 e. The Balaban J connectivity index is 2.15. The van der Waals surface area contributed by atoms with Gasteiger partial charge in [-0.2, -0.15) is 0 Å². The van der Waals surface area contributed by atoms with Gasteiger partial charge in [0.25, 0.3) is 0 Å². The second-order valence-electron chi connectivity index (χ2n) is 4.42. The average molecular weight is 250 g/mol. The first-order valence-corrected chi connectivity index (χ1v) is 6.27. The molecule has 5 heteroatoms. The summed E-state index contributed by atoms with van der Waals surface area (Å²) >= 11 is 0. The van der Waals surface area contributed by atoms with Crippen molar-refractivity contribution in [3.05, 3.63) is 23.4 Å². The highest BCUT2D eigenvalue weighted by Gasteiger charge is 2.15. The zero-order valence-corrected chi connectivity index (χ0v) is 10.5. The number of carbonyl (C=O) groups is 1. The molecule has 0 radical (unpaired) electrons. The summed E-state index contributed by atoms with van der Waals surface area (Å²) in [6, 6.07) is 3.54. The molecule has 1 fully saturated rings. The molecule has 2 heterocycles. The number of hydrogen-bond donors (Lipinski definition) is 2. The Labute approximate surface area is 106 Å². The molecule has 0 aromatic carbocycles. The summed E-state index contributed by atoms with van der Waals surface area (Å²) in [6.45, 7) is 3.46. The first kappa shape index (κ1) is 12.8. The molecule has 1 aromatic rings. The minimum absolute atomic E-state index is 0.288. The van der Waals surface area contributed by atoms with E-state index in [1.54, 1.807) is 12.1 Å². The van der Waals surface area contributed by atoms with Crippen LogP contribution in [0.25, 0.3) is 0 Å². The molecule has 0 spiro atoms. The van der Waals surface area contributed by atoms with E-state index in [9.17, 15) is 4.79 Å². The minimum Gasteiger partial charge on any atom is -0.478 e. The molecule has 1 saturated heterocycles. The van der Waals surface area contributed by atoms with Gasteiger partial charge in [-0.05, 0) is 31.4 Å². The van der Waals surface area contributed by atoms with Gasteiger partial charge in [0.15, 0.2) is 0 Å².